The van der Waals surface area contributed by atoms with Gasteiger partial charge in [-0.25, -0.2) is 9.78 Å². The standard InChI is InChI=1S/C21H15F3N2O4/c1-11-18(26-17(10-25-11)21(22,23)24)16(27)9-14-7-12-5-3-4-6-13(12)8-15(14)19(28)20(29)30-2/h3-8,10H,9H2,1-2H3. The zero-order chi connectivity index (χ0) is 22.1. The van der Waals surface area contributed by atoms with E-state index in [1.54, 1.807) is 30.3 Å². The third-order valence-electron chi connectivity index (χ3n) is 4.45. The van der Waals surface area contributed by atoms with Crippen LogP contribution in [0.25, 0.3) is 10.8 Å². The molecule has 0 aliphatic carbocycles. The van der Waals surface area contributed by atoms with Crippen LogP contribution in [0.15, 0.2) is 42.6 Å². The Bertz CT molecular complexity index is 1170. The van der Waals surface area contributed by atoms with Crippen molar-refractivity contribution in [1.29, 1.82) is 0 Å². The lowest BCUT2D eigenvalue weighted by molar-refractivity contribution is -0.141. The normalized spacial score (nSPS) is 11.4. The lowest BCUT2D eigenvalue weighted by atomic mass is 9.94. The van der Waals surface area contributed by atoms with Crippen LogP contribution in [0.5, 0.6) is 0 Å². The van der Waals surface area contributed by atoms with Gasteiger partial charge in [0.2, 0.25) is 0 Å². The number of fused-ring (bicyclic) bond motifs is 1. The molecular formula is C21H15F3N2O4. The molecule has 0 atom stereocenters. The summed E-state index contributed by atoms with van der Waals surface area (Å²) in [5.74, 6) is -2.84. The smallest absolute Gasteiger partial charge is 0.434 e. The van der Waals surface area contributed by atoms with Gasteiger partial charge in [-0.2, -0.15) is 13.2 Å². The molecule has 3 rings (SSSR count). The molecule has 3 aromatic rings. The van der Waals surface area contributed by atoms with Crippen molar-refractivity contribution in [1.82, 2.24) is 9.97 Å². The molecule has 9 heteroatoms. The predicted octanol–water partition coefficient (Wildman–Crippen LogP) is 3.74. The van der Waals surface area contributed by atoms with E-state index in [0.717, 1.165) is 7.11 Å². The first kappa shape index (κ1) is 21.1. The molecule has 0 spiro atoms. The van der Waals surface area contributed by atoms with Gasteiger partial charge in [-0.05, 0) is 35.4 Å². The van der Waals surface area contributed by atoms with E-state index in [-0.39, 0.29) is 16.8 Å². The number of ether oxygens (including phenoxy) is 1. The molecule has 154 valence electrons. The summed E-state index contributed by atoms with van der Waals surface area (Å²) < 4.78 is 43.3. The molecule has 1 aromatic heterocycles. The average molecular weight is 416 g/mol. The van der Waals surface area contributed by atoms with Crippen molar-refractivity contribution in [2.45, 2.75) is 19.5 Å². The molecule has 1 heterocycles. The molecule has 30 heavy (non-hydrogen) atoms. The Labute approximate surface area is 168 Å². The number of hydrogen-bond donors (Lipinski definition) is 0. The molecule has 0 fully saturated rings. The van der Waals surface area contributed by atoms with E-state index in [4.69, 9.17) is 0 Å². The lowest BCUT2D eigenvalue weighted by Gasteiger charge is -2.12. The summed E-state index contributed by atoms with van der Waals surface area (Å²) in [6.45, 7) is 1.36. The number of carbonyl (C=O) groups excluding carboxylic acids is 3. The second kappa shape index (κ2) is 8.02. The number of Topliss-reactive ketones (excluding diaryl/α,β-unsaturated/α-hetero) is 2. The van der Waals surface area contributed by atoms with Gasteiger partial charge < -0.3 is 4.74 Å². The average Bonchev–Trinajstić information content (AvgIpc) is 2.71. The number of esters is 1. The number of nitrogens with zero attached hydrogens (tertiary/aromatic N) is 2. The minimum absolute atomic E-state index is 0.0228. The van der Waals surface area contributed by atoms with E-state index < -0.39 is 41.5 Å². The topological polar surface area (TPSA) is 86.2 Å². The Morgan fingerprint density at radius 1 is 1.07 bits per heavy atom. The molecule has 6 nitrogen and oxygen atoms in total. The van der Waals surface area contributed by atoms with Crippen LogP contribution in [-0.2, 0) is 22.1 Å². The fraction of sp³-hybridized carbons (Fsp3) is 0.190. The molecule has 2 aromatic carbocycles. The number of methoxy groups -OCH3 is 1. The zero-order valence-electron chi connectivity index (χ0n) is 15.9. The van der Waals surface area contributed by atoms with Crippen LogP contribution < -0.4 is 0 Å². The van der Waals surface area contributed by atoms with Gasteiger partial charge in [0.15, 0.2) is 11.5 Å². The predicted molar refractivity (Wildman–Crippen MR) is 100 cm³/mol. The van der Waals surface area contributed by atoms with Gasteiger partial charge in [0.25, 0.3) is 5.78 Å². The molecule has 0 saturated heterocycles. The molecule has 0 radical (unpaired) electrons. The summed E-state index contributed by atoms with van der Waals surface area (Å²) >= 11 is 0. The summed E-state index contributed by atoms with van der Waals surface area (Å²) in [6.07, 6.45) is -4.65. The molecule has 0 aliphatic rings. The molecule has 0 unspecified atom stereocenters. The second-order valence-electron chi connectivity index (χ2n) is 6.46. The van der Waals surface area contributed by atoms with Gasteiger partial charge in [0, 0.05) is 12.0 Å². The first-order chi connectivity index (χ1) is 14.1. The number of benzene rings is 2. The SMILES string of the molecule is COC(=O)C(=O)c1cc2ccccc2cc1CC(=O)c1nc(C(F)(F)F)cnc1C. The molecule has 0 N–H and O–H groups in total. The Kier molecular flexibility index (Phi) is 5.64. The first-order valence-electron chi connectivity index (χ1n) is 8.70. The maximum absolute atomic E-state index is 13.0. The lowest BCUT2D eigenvalue weighted by Crippen LogP contribution is -2.20. The van der Waals surface area contributed by atoms with Crippen LogP contribution in [0.4, 0.5) is 13.2 Å². The third-order valence-corrected chi connectivity index (χ3v) is 4.45. The number of aryl methyl sites for hydroxylation is 1. The minimum atomic E-state index is -4.76. The highest BCUT2D eigenvalue weighted by Gasteiger charge is 2.34. The molecule has 0 bridgehead atoms. The van der Waals surface area contributed by atoms with Gasteiger partial charge in [0.05, 0.1) is 19.0 Å². The maximum Gasteiger partial charge on any atom is 0.434 e. The third kappa shape index (κ3) is 4.19. The van der Waals surface area contributed by atoms with Crippen LogP contribution in [0.1, 0.15) is 37.8 Å². The fourth-order valence-electron chi connectivity index (χ4n) is 2.95. The highest BCUT2D eigenvalue weighted by atomic mass is 19.4. The van der Waals surface area contributed by atoms with Crippen molar-refractivity contribution in [3.8, 4) is 0 Å². The summed E-state index contributed by atoms with van der Waals surface area (Å²) in [5.41, 5.74) is -1.61. The van der Waals surface area contributed by atoms with Crippen LogP contribution >= 0.6 is 0 Å². The van der Waals surface area contributed by atoms with Gasteiger partial charge in [0.1, 0.15) is 5.69 Å². The number of halogens is 3. The Morgan fingerprint density at radius 3 is 2.30 bits per heavy atom. The van der Waals surface area contributed by atoms with Crippen molar-refractivity contribution >= 4 is 28.3 Å². The van der Waals surface area contributed by atoms with Gasteiger partial charge in [-0.15, -0.1) is 0 Å². The van der Waals surface area contributed by atoms with Crippen LogP contribution in [-0.4, -0.2) is 34.6 Å². The Hall–Kier alpha value is -3.62. The summed E-state index contributed by atoms with van der Waals surface area (Å²) in [6, 6.07) is 9.93. The van der Waals surface area contributed by atoms with E-state index in [9.17, 15) is 27.6 Å². The van der Waals surface area contributed by atoms with Crippen LogP contribution in [0, 0.1) is 6.92 Å². The molecule has 0 saturated carbocycles. The van der Waals surface area contributed by atoms with Gasteiger partial charge in [-0.1, -0.05) is 24.3 Å². The Morgan fingerprint density at radius 2 is 1.70 bits per heavy atom. The summed E-state index contributed by atoms with van der Waals surface area (Å²) in [7, 11) is 1.05. The molecule has 0 amide bonds. The second-order valence-corrected chi connectivity index (χ2v) is 6.46. The largest absolute Gasteiger partial charge is 0.463 e. The number of ketones is 2. The van der Waals surface area contributed by atoms with Crippen molar-refractivity contribution in [3.05, 3.63) is 70.8 Å². The first-order valence-corrected chi connectivity index (χ1v) is 8.70. The van der Waals surface area contributed by atoms with Crippen molar-refractivity contribution < 1.29 is 32.3 Å². The number of carbonyl (C=O) groups is 3. The fourth-order valence-corrected chi connectivity index (χ4v) is 2.95. The minimum Gasteiger partial charge on any atom is -0.463 e. The number of hydrogen-bond acceptors (Lipinski definition) is 6. The van der Waals surface area contributed by atoms with Crippen LogP contribution in [0.2, 0.25) is 0 Å². The van der Waals surface area contributed by atoms with E-state index in [0.29, 0.717) is 17.0 Å². The highest BCUT2D eigenvalue weighted by Crippen LogP contribution is 2.28. The number of rotatable bonds is 5. The van der Waals surface area contributed by atoms with Gasteiger partial charge >= 0.3 is 12.1 Å². The van der Waals surface area contributed by atoms with Gasteiger partial charge in [-0.3, -0.25) is 14.6 Å². The summed E-state index contributed by atoms with van der Waals surface area (Å²) in [4.78, 5) is 44.0. The quantitative estimate of drug-likeness (QED) is 0.358. The maximum atomic E-state index is 13.0. The molecular weight excluding hydrogens is 401 g/mol. The van der Waals surface area contributed by atoms with Crippen molar-refractivity contribution in [2.24, 2.45) is 0 Å². The van der Waals surface area contributed by atoms with E-state index in [2.05, 4.69) is 14.7 Å². The van der Waals surface area contributed by atoms with Crippen molar-refractivity contribution in [3.63, 3.8) is 0 Å². The van der Waals surface area contributed by atoms with E-state index >= 15 is 0 Å². The van der Waals surface area contributed by atoms with E-state index in [1.165, 1.54) is 13.0 Å². The van der Waals surface area contributed by atoms with E-state index in [1.807, 2.05) is 0 Å². The van der Waals surface area contributed by atoms with Crippen molar-refractivity contribution in [2.75, 3.05) is 7.11 Å². The summed E-state index contributed by atoms with van der Waals surface area (Å²) in [5, 5.41) is 1.34. The zero-order valence-corrected chi connectivity index (χ0v) is 15.9. The molecule has 0 aliphatic heterocycles. The Balaban J connectivity index is 2.07. The monoisotopic (exact) mass is 416 g/mol. The number of aromatic nitrogens is 2. The highest BCUT2D eigenvalue weighted by molar-refractivity contribution is 6.41. The van der Waals surface area contributed by atoms with Crippen LogP contribution in [0.3, 0.4) is 0 Å². The number of alkyl halides is 3.